The number of hydrogen-bond donors (Lipinski definition) is 1. The maximum atomic E-state index is 5.91. The molecule has 1 atom stereocenters. The molecule has 1 aromatic carbocycles. The molecule has 0 fully saturated rings. The summed E-state index contributed by atoms with van der Waals surface area (Å²) in [5.41, 5.74) is 7.08. The summed E-state index contributed by atoms with van der Waals surface area (Å²) < 4.78 is 5.73. The average molecular weight is 259 g/mol. The Balaban J connectivity index is 2.19. The van der Waals surface area contributed by atoms with Crippen molar-refractivity contribution in [2.24, 2.45) is 10.7 Å². The van der Waals surface area contributed by atoms with E-state index in [-0.39, 0.29) is 12.1 Å². The summed E-state index contributed by atoms with van der Waals surface area (Å²) >= 11 is 0. The van der Waals surface area contributed by atoms with Crippen LogP contribution in [0.15, 0.2) is 41.9 Å². The minimum atomic E-state index is 0.171. The molecule has 4 heteroatoms. The van der Waals surface area contributed by atoms with E-state index in [1.807, 2.05) is 32.1 Å². The Kier molecular flexibility index (Phi) is 4.10. The Morgan fingerprint density at radius 3 is 3.05 bits per heavy atom. The van der Waals surface area contributed by atoms with Gasteiger partial charge in [-0.15, -0.1) is 6.58 Å². The van der Waals surface area contributed by atoms with E-state index in [1.54, 1.807) is 0 Å². The number of benzene rings is 1. The second-order valence-electron chi connectivity index (χ2n) is 4.89. The van der Waals surface area contributed by atoms with Gasteiger partial charge in [0.15, 0.2) is 5.96 Å². The number of guanidine groups is 1. The topological polar surface area (TPSA) is 50.8 Å². The van der Waals surface area contributed by atoms with E-state index < -0.39 is 0 Å². The zero-order valence-corrected chi connectivity index (χ0v) is 11.5. The Hall–Kier alpha value is -1.97. The highest BCUT2D eigenvalue weighted by atomic mass is 16.5. The van der Waals surface area contributed by atoms with Crippen LogP contribution in [0.1, 0.15) is 25.5 Å². The van der Waals surface area contributed by atoms with Gasteiger partial charge in [0.2, 0.25) is 0 Å². The maximum absolute atomic E-state index is 5.91. The zero-order chi connectivity index (χ0) is 13.8. The van der Waals surface area contributed by atoms with Crippen LogP contribution >= 0.6 is 0 Å². The van der Waals surface area contributed by atoms with E-state index in [4.69, 9.17) is 10.5 Å². The summed E-state index contributed by atoms with van der Waals surface area (Å²) in [6.45, 7) is 9.20. The molecule has 0 saturated heterocycles. The first-order chi connectivity index (χ1) is 9.11. The van der Waals surface area contributed by atoms with Crippen LogP contribution in [-0.4, -0.2) is 30.1 Å². The van der Waals surface area contributed by atoms with E-state index in [1.165, 1.54) is 5.56 Å². The molecular formula is C15H21N3O. The highest BCUT2D eigenvalue weighted by molar-refractivity contribution is 5.80. The molecule has 0 saturated carbocycles. The zero-order valence-electron chi connectivity index (χ0n) is 11.5. The van der Waals surface area contributed by atoms with Crippen LogP contribution < -0.4 is 10.5 Å². The van der Waals surface area contributed by atoms with Gasteiger partial charge in [-0.25, -0.2) is 0 Å². The van der Waals surface area contributed by atoms with Gasteiger partial charge >= 0.3 is 0 Å². The molecule has 1 heterocycles. The lowest BCUT2D eigenvalue weighted by Crippen LogP contribution is -2.36. The van der Waals surface area contributed by atoms with E-state index in [0.717, 1.165) is 5.75 Å². The summed E-state index contributed by atoms with van der Waals surface area (Å²) in [7, 11) is 0. The molecule has 0 radical (unpaired) electrons. The third kappa shape index (κ3) is 3.08. The molecule has 1 aliphatic heterocycles. The molecule has 102 valence electrons. The van der Waals surface area contributed by atoms with Crippen LogP contribution in [0.2, 0.25) is 0 Å². The third-order valence-corrected chi connectivity index (χ3v) is 3.04. The summed E-state index contributed by atoms with van der Waals surface area (Å²) in [6.07, 6.45) is 2.01. The molecule has 1 unspecified atom stereocenters. The van der Waals surface area contributed by atoms with E-state index in [9.17, 15) is 0 Å². The van der Waals surface area contributed by atoms with Gasteiger partial charge in [0, 0.05) is 6.54 Å². The molecule has 0 bridgehead atoms. The van der Waals surface area contributed by atoms with Crippen LogP contribution in [0.5, 0.6) is 5.75 Å². The van der Waals surface area contributed by atoms with Crippen molar-refractivity contribution in [3.8, 4) is 5.75 Å². The highest BCUT2D eigenvalue weighted by Gasteiger charge is 2.26. The Morgan fingerprint density at radius 2 is 2.37 bits per heavy atom. The fourth-order valence-corrected chi connectivity index (χ4v) is 2.24. The third-order valence-electron chi connectivity index (χ3n) is 3.04. The fraction of sp³-hybridized carbons (Fsp3) is 0.400. The Bertz CT molecular complexity index is 482. The van der Waals surface area contributed by atoms with Crippen LogP contribution in [0.4, 0.5) is 0 Å². The van der Waals surface area contributed by atoms with Crippen molar-refractivity contribution < 1.29 is 4.74 Å². The second-order valence-corrected chi connectivity index (χ2v) is 4.89. The predicted octanol–water partition coefficient (Wildman–Crippen LogP) is 2.33. The molecule has 0 aromatic heterocycles. The van der Waals surface area contributed by atoms with Crippen LogP contribution in [0.3, 0.4) is 0 Å². The molecule has 0 aliphatic carbocycles. The number of rotatable bonds is 5. The van der Waals surface area contributed by atoms with Gasteiger partial charge in [-0.05, 0) is 31.5 Å². The normalized spacial score (nSPS) is 18.6. The van der Waals surface area contributed by atoms with Crippen molar-refractivity contribution >= 4 is 5.96 Å². The van der Waals surface area contributed by atoms with Gasteiger partial charge in [0.25, 0.3) is 0 Å². The quantitative estimate of drug-likeness (QED) is 0.826. The molecule has 4 nitrogen and oxygen atoms in total. The number of ether oxygens (including phenoxy) is 1. The second kappa shape index (κ2) is 5.78. The lowest BCUT2D eigenvalue weighted by molar-refractivity contribution is 0.241. The summed E-state index contributed by atoms with van der Waals surface area (Å²) in [4.78, 5) is 6.37. The maximum Gasteiger partial charge on any atom is 0.192 e. The first-order valence-electron chi connectivity index (χ1n) is 6.56. The largest absolute Gasteiger partial charge is 0.491 e. The molecule has 0 spiro atoms. The van der Waals surface area contributed by atoms with Crippen molar-refractivity contribution in [2.45, 2.75) is 26.0 Å². The number of hydrogen-bond acceptors (Lipinski definition) is 4. The van der Waals surface area contributed by atoms with Gasteiger partial charge in [-0.2, -0.15) is 0 Å². The van der Waals surface area contributed by atoms with E-state index in [2.05, 4.69) is 28.6 Å². The smallest absolute Gasteiger partial charge is 0.192 e. The van der Waals surface area contributed by atoms with Crippen LogP contribution in [0, 0.1) is 0 Å². The number of nitrogens with two attached hydrogens (primary N) is 1. The Labute approximate surface area is 114 Å². The SMILES string of the molecule is C=CCN1C(N)=NCC1c1cccc(OC(C)C)c1. The molecule has 2 N–H and O–H groups in total. The summed E-state index contributed by atoms with van der Waals surface area (Å²) in [5, 5.41) is 0. The molecule has 1 aromatic rings. The van der Waals surface area contributed by atoms with Gasteiger partial charge in [0.05, 0.1) is 18.7 Å². The molecule has 0 amide bonds. The van der Waals surface area contributed by atoms with Gasteiger partial charge in [-0.3, -0.25) is 4.99 Å². The van der Waals surface area contributed by atoms with Crippen molar-refractivity contribution in [2.75, 3.05) is 13.1 Å². The first kappa shape index (κ1) is 13.5. The fourth-order valence-electron chi connectivity index (χ4n) is 2.24. The summed E-state index contributed by atoms with van der Waals surface area (Å²) in [6, 6.07) is 8.30. The van der Waals surface area contributed by atoms with Gasteiger partial charge < -0.3 is 15.4 Å². The number of nitrogens with zero attached hydrogens (tertiary/aromatic N) is 2. The van der Waals surface area contributed by atoms with E-state index >= 15 is 0 Å². The lowest BCUT2D eigenvalue weighted by Gasteiger charge is -2.25. The molecule has 19 heavy (non-hydrogen) atoms. The Morgan fingerprint density at radius 1 is 1.58 bits per heavy atom. The minimum Gasteiger partial charge on any atom is -0.491 e. The first-order valence-corrected chi connectivity index (χ1v) is 6.56. The highest BCUT2D eigenvalue weighted by Crippen LogP contribution is 2.28. The van der Waals surface area contributed by atoms with E-state index in [0.29, 0.717) is 19.0 Å². The predicted molar refractivity (Wildman–Crippen MR) is 78.3 cm³/mol. The molecular weight excluding hydrogens is 238 g/mol. The van der Waals surface area contributed by atoms with Crippen molar-refractivity contribution in [3.05, 3.63) is 42.5 Å². The van der Waals surface area contributed by atoms with Crippen LogP contribution in [0.25, 0.3) is 0 Å². The standard InChI is InChI=1S/C15H21N3O/c1-4-8-18-14(10-17-15(18)16)12-6-5-7-13(9-12)19-11(2)3/h4-7,9,11,14H,1,8,10H2,2-3H3,(H2,16,17). The monoisotopic (exact) mass is 259 g/mol. The van der Waals surface area contributed by atoms with Crippen molar-refractivity contribution in [3.63, 3.8) is 0 Å². The van der Waals surface area contributed by atoms with Gasteiger partial charge in [-0.1, -0.05) is 18.2 Å². The minimum absolute atomic E-state index is 0.171. The van der Waals surface area contributed by atoms with Crippen molar-refractivity contribution in [1.29, 1.82) is 0 Å². The number of aliphatic imine (C=N–C) groups is 1. The average Bonchev–Trinajstić information content (AvgIpc) is 2.71. The summed E-state index contributed by atoms with van der Waals surface area (Å²) in [5.74, 6) is 1.47. The van der Waals surface area contributed by atoms with Crippen LogP contribution in [-0.2, 0) is 0 Å². The van der Waals surface area contributed by atoms with Crippen molar-refractivity contribution in [1.82, 2.24) is 4.90 Å². The van der Waals surface area contributed by atoms with Gasteiger partial charge in [0.1, 0.15) is 5.75 Å². The molecule has 2 rings (SSSR count). The molecule has 1 aliphatic rings. The lowest BCUT2D eigenvalue weighted by atomic mass is 10.1.